The Bertz CT molecular complexity index is 946. The van der Waals surface area contributed by atoms with Crippen LogP contribution >= 0.6 is 0 Å². The van der Waals surface area contributed by atoms with Crippen LogP contribution in [0.2, 0.25) is 0 Å². The van der Waals surface area contributed by atoms with Crippen molar-refractivity contribution in [2.45, 2.75) is 39.1 Å². The second-order valence-corrected chi connectivity index (χ2v) is 7.01. The Morgan fingerprint density at radius 3 is 2.29 bits per heavy atom. The average Bonchev–Trinajstić information content (AvgIpc) is 2.66. The van der Waals surface area contributed by atoms with Gasteiger partial charge in [-0.1, -0.05) is 12.1 Å². The van der Waals surface area contributed by atoms with Crippen LogP contribution in [-0.4, -0.2) is 45.7 Å². The van der Waals surface area contributed by atoms with E-state index in [-0.39, 0.29) is 24.2 Å². The van der Waals surface area contributed by atoms with Gasteiger partial charge in [-0.15, -0.1) is 13.2 Å². The highest BCUT2D eigenvalue weighted by Gasteiger charge is 2.37. The third kappa shape index (κ3) is 5.63. The molecule has 3 rings (SSSR count). The minimum Gasteiger partial charge on any atom is -0.406 e. The number of urea groups is 1. The zero-order valence-corrected chi connectivity index (χ0v) is 16.6. The monoisotopic (exact) mass is 440 g/mol. The van der Waals surface area contributed by atoms with Crippen LogP contribution in [-0.2, 0) is 6.54 Å². The van der Waals surface area contributed by atoms with Crippen LogP contribution in [0.1, 0.15) is 19.4 Å². The molecule has 0 aromatic heterocycles. The predicted molar refractivity (Wildman–Crippen MR) is 104 cm³/mol. The number of ether oxygens (including phenoxy) is 1. The zero-order valence-electron chi connectivity index (χ0n) is 16.6. The summed E-state index contributed by atoms with van der Waals surface area (Å²) in [7, 11) is 0. The maximum absolute atomic E-state index is 13.2. The van der Waals surface area contributed by atoms with E-state index in [0.717, 1.165) is 12.1 Å². The maximum Gasteiger partial charge on any atom is 0.573 e. The summed E-state index contributed by atoms with van der Waals surface area (Å²) >= 11 is 0. The summed E-state index contributed by atoms with van der Waals surface area (Å²) < 4.78 is 54.0. The van der Waals surface area contributed by atoms with E-state index in [1.165, 1.54) is 46.2 Å². The molecule has 0 aliphatic carbocycles. The first-order valence-electron chi connectivity index (χ1n) is 9.26. The second kappa shape index (κ2) is 8.80. The smallest absolute Gasteiger partial charge is 0.406 e. The fourth-order valence-corrected chi connectivity index (χ4v) is 2.98. The van der Waals surface area contributed by atoms with Crippen molar-refractivity contribution >= 4 is 17.7 Å². The van der Waals surface area contributed by atoms with E-state index >= 15 is 0 Å². The largest absolute Gasteiger partial charge is 0.573 e. The van der Waals surface area contributed by atoms with Crippen LogP contribution in [0, 0.1) is 5.82 Å². The van der Waals surface area contributed by atoms with Gasteiger partial charge in [0.25, 0.3) is 0 Å². The number of hydrogen-bond donors (Lipinski definition) is 2. The molecule has 2 aromatic carbocycles. The van der Waals surface area contributed by atoms with E-state index in [4.69, 9.17) is 0 Å². The highest BCUT2D eigenvalue weighted by Crippen LogP contribution is 2.26. The molecule has 1 heterocycles. The van der Waals surface area contributed by atoms with E-state index in [0.29, 0.717) is 5.56 Å². The molecule has 2 amide bonds. The SMILES string of the molecule is CC(C)N1C(=O)NC(=Nc2ccc(OC(F)(F)F)cc2)N(Cc2ccc(F)cc2)C1O. The first-order valence-corrected chi connectivity index (χ1v) is 9.26. The summed E-state index contributed by atoms with van der Waals surface area (Å²) in [5, 5.41) is 13.4. The number of rotatable bonds is 5. The highest BCUT2D eigenvalue weighted by molar-refractivity contribution is 5.99. The van der Waals surface area contributed by atoms with Crippen molar-refractivity contribution in [3.8, 4) is 5.75 Å². The molecule has 0 radical (unpaired) electrons. The van der Waals surface area contributed by atoms with Crippen LogP contribution < -0.4 is 10.1 Å². The van der Waals surface area contributed by atoms with Gasteiger partial charge in [-0.2, -0.15) is 0 Å². The minimum atomic E-state index is -4.82. The molecule has 1 aliphatic rings. The molecular weight excluding hydrogens is 420 g/mol. The molecule has 1 aliphatic heterocycles. The summed E-state index contributed by atoms with van der Waals surface area (Å²) in [5.41, 5.74) is 0.862. The Balaban J connectivity index is 1.90. The van der Waals surface area contributed by atoms with Gasteiger partial charge in [0, 0.05) is 6.04 Å². The quantitative estimate of drug-likeness (QED) is 0.691. The number of nitrogens with zero attached hydrogens (tertiary/aromatic N) is 3. The van der Waals surface area contributed by atoms with Gasteiger partial charge < -0.3 is 9.84 Å². The van der Waals surface area contributed by atoms with Crippen LogP contribution in [0.5, 0.6) is 5.75 Å². The van der Waals surface area contributed by atoms with Crippen molar-refractivity contribution < 1.29 is 32.2 Å². The number of benzene rings is 2. The first kappa shape index (κ1) is 22.3. The van der Waals surface area contributed by atoms with Gasteiger partial charge in [0.05, 0.1) is 12.2 Å². The zero-order chi connectivity index (χ0) is 22.8. The van der Waals surface area contributed by atoms with Gasteiger partial charge in [0.1, 0.15) is 11.6 Å². The summed E-state index contributed by atoms with van der Waals surface area (Å²) in [4.78, 5) is 19.3. The minimum absolute atomic E-state index is 0.0109. The van der Waals surface area contributed by atoms with Crippen molar-refractivity contribution in [3.05, 3.63) is 59.9 Å². The number of amides is 2. The molecule has 31 heavy (non-hydrogen) atoms. The third-order valence-corrected chi connectivity index (χ3v) is 4.38. The molecule has 1 fully saturated rings. The number of halogens is 4. The Morgan fingerprint density at radius 1 is 1.13 bits per heavy atom. The van der Waals surface area contributed by atoms with Crippen molar-refractivity contribution in [1.29, 1.82) is 0 Å². The first-order chi connectivity index (χ1) is 14.5. The fourth-order valence-electron chi connectivity index (χ4n) is 2.98. The maximum atomic E-state index is 13.2. The van der Waals surface area contributed by atoms with E-state index < -0.39 is 30.3 Å². The van der Waals surface area contributed by atoms with Crippen LogP contribution in [0.4, 0.5) is 28.0 Å². The van der Waals surface area contributed by atoms with Crippen molar-refractivity contribution in [2.75, 3.05) is 0 Å². The van der Waals surface area contributed by atoms with Gasteiger partial charge in [0.15, 0.2) is 0 Å². The molecule has 2 N–H and O–H groups in total. The number of aliphatic hydroxyl groups is 1. The van der Waals surface area contributed by atoms with E-state index in [1.807, 2.05) is 0 Å². The number of carbonyl (C=O) groups excluding carboxylic acids is 1. The van der Waals surface area contributed by atoms with E-state index in [1.54, 1.807) is 13.8 Å². The topological polar surface area (TPSA) is 77.4 Å². The molecule has 2 aromatic rings. The van der Waals surface area contributed by atoms with Gasteiger partial charge in [-0.25, -0.2) is 14.2 Å². The molecule has 1 atom stereocenters. The molecule has 0 spiro atoms. The summed E-state index contributed by atoms with van der Waals surface area (Å²) in [6, 6.07) is 9.37. The Morgan fingerprint density at radius 2 is 1.74 bits per heavy atom. The summed E-state index contributed by atoms with van der Waals surface area (Å²) in [6.07, 6.45) is -6.19. The number of alkyl halides is 3. The number of aliphatic imine (C=N–C) groups is 1. The van der Waals surface area contributed by atoms with Gasteiger partial charge >= 0.3 is 12.4 Å². The number of nitrogens with one attached hydrogen (secondary N) is 1. The molecule has 0 bridgehead atoms. The third-order valence-electron chi connectivity index (χ3n) is 4.38. The molecule has 166 valence electrons. The standard InChI is InChI=1S/C20H20F4N4O3/c1-12(2)28-18(29)26-17(25-15-7-9-16(10-8-15)31-20(22,23)24)27(19(28)30)11-13-3-5-14(21)6-4-13/h3-10,12,19,30H,11H2,1-2H3,(H,25,26,29). The van der Waals surface area contributed by atoms with E-state index in [9.17, 15) is 27.5 Å². The number of carbonyl (C=O) groups is 1. The lowest BCUT2D eigenvalue weighted by molar-refractivity contribution is -0.274. The fraction of sp³-hybridized carbons (Fsp3) is 0.300. The highest BCUT2D eigenvalue weighted by atomic mass is 19.4. The predicted octanol–water partition coefficient (Wildman–Crippen LogP) is 3.92. The summed E-state index contributed by atoms with van der Waals surface area (Å²) in [6.45, 7) is 3.53. The number of guanidine groups is 1. The Kier molecular flexibility index (Phi) is 6.34. The molecule has 7 nitrogen and oxygen atoms in total. The van der Waals surface area contributed by atoms with Crippen LogP contribution in [0.25, 0.3) is 0 Å². The van der Waals surface area contributed by atoms with Gasteiger partial charge in [-0.05, 0) is 55.8 Å². The average molecular weight is 440 g/mol. The molecule has 0 saturated carbocycles. The van der Waals surface area contributed by atoms with Crippen molar-refractivity contribution in [1.82, 2.24) is 15.1 Å². The number of hydrogen-bond acceptors (Lipinski definition) is 4. The molecule has 1 saturated heterocycles. The lowest BCUT2D eigenvalue weighted by atomic mass is 10.2. The van der Waals surface area contributed by atoms with Gasteiger partial charge in [-0.3, -0.25) is 15.1 Å². The van der Waals surface area contributed by atoms with E-state index in [2.05, 4.69) is 15.0 Å². The molecular formula is C20H20F4N4O3. The Hall–Kier alpha value is -3.34. The van der Waals surface area contributed by atoms with Gasteiger partial charge in [0.2, 0.25) is 12.3 Å². The second-order valence-electron chi connectivity index (χ2n) is 7.01. The summed E-state index contributed by atoms with van der Waals surface area (Å²) in [5.74, 6) is -0.850. The van der Waals surface area contributed by atoms with Crippen LogP contribution in [0.3, 0.4) is 0 Å². The lowest BCUT2D eigenvalue weighted by Crippen LogP contribution is -2.66. The molecule has 1 unspecified atom stereocenters. The normalized spacial score (nSPS) is 18.5. The van der Waals surface area contributed by atoms with Crippen molar-refractivity contribution in [2.24, 2.45) is 4.99 Å². The van der Waals surface area contributed by atoms with Crippen molar-refractivity contribution in [3.63, 3.8) is 0 Å². The van der Waals surface area contributed by atoms with Crippen LogP contribution in [0.15, 0.2) is 53.5 Å². The lowest BCUT2D eigenvalue weighted by Gasteiger charge is -2.44. The number of aliphatic hydroxyl groups excluding tert-OH is 1. The Labute approximate surface area is 175 Å². The molecule has 11 heteroatoms.